The van der Waals surface area contributed by atoms with E-state index in [0.717, 1.165) is 78.1 Å². The highest BCUT2D eigenvalue weighted by Gasteiger charge is 2.26. The average Bonchev–Trinajstić information content (AvgIpc) is 3.61. The highest BCUT2D eigenvalue weighted by atomic mass is 16.3. The van der Waals surface area contributed by atoms with E-state index < -0.39 is 0 Å². The summed E-state index contributed by atoms with van der Waals surface area (Å²) in [7, 11) is 0. The van der Waals surface area contributed by atoms with Crippen molar-refractivity contribution in [3.05, 3.63) is 137 Å². The van der Waals surface area contributed by atoms with Crippen LogP contribution in [0.15, 0.2) is 118 Å². The van der Waals surface area contributed by atoms with Crippen molar-refractivity contribution in [3.8, 4) is 12.1 Å². The van der Waals surface area contributed by atoms with Crippen molar-refractivity contribution in [2.75, 3.05) is 0 Å². The number of para-hydroxylation sites is 1. The van der Waals surface area contributed by atoms with Crippen LogP contribution in [0.5, 0.6) is 0 Å². The first-order valence-electron chi connectivity index (χ1n) is 14.3. The van der Waals surface area contributed by atoms with Gasteiger partial charge < -0.3 is 8.83 Å². The molecule has 0 spiro atoms. The lowest BCUT2D eigenvalue weighted by Gasteiger charge is -2.28. The molecule has 2 aromatic heterocycles. The molecule has 8 rings (SSSR count). The maximum atomic E-state index is 9.78. The number of furan rings is 2. The van der Waals surface area contributed by atoms with E-state index in [1.54, 1.807) is 6.07 Å². The second-order valence-corrected chi connectivity index (χ2v) is 11.2. The van der Waals surface area contributed by atoms with Crippen molar-refractivity contribution in [2.24, 2.45) is 5.92 Å². The van der Waals surface area contributed by atoms with E-state index in [2.05, 4.69) is 67.6 Å². The van der Waals surface area contributed by atoms with Crippen LogP contribution in [-0.2, 0) is 0 Å². The third-order valence-electron chi connectivity index (χ3n) is 8.59. The number of hydrogen-bond donors (Lipinski definition) is 0. The first-order chi connectivity index (χ1) is 21.1. The van der Waals surface area contributed by atoms with Gasteiger partial charge in [-0.25, -0.2) is 0 Å². The molecular weight excluding hydrogens is 528 g/mol. The molecule has 4 nitrogen and oxygen atoms in total. The molecule has 1 aliphatic carbocycles. The second-order valence-electron chi connectivity index (χ2n) is 11.2. The second kappa shape index (κ2) is 9.62. The minimum Gasteiger partial charge on any atom is -0.456 e. The highest BCUT2D eigenvalue weighted by Crippen LogP contribution is 2.47. The Morgan fingerprint density at radius 3 is 2.14 bits per heavy atom. The molecule has 5 aromatic carbocycles. The lowest BCUT2D eigenvalue weighted by Crippen LogP contribution is -2.09. The van der Waals surface area contributed by atoms with Crippen molar-refractivity contribution in [1.82, 2.24) is 0 Å². The Labute approximate surface area is 248 Å². The van der Waals surface area contributed by atoms with Gasteiger partial charge in [-0.1, -0.05) is 55.5 Å². The summed E-state index contributed by atoms with van der Waals surface area (Å²) in [6, 6.07) is 38.9. The normalized spacial score (nSPS) is 15.2. The minimum atomic E-state index is 0.239. The summed E-state index contributed by atoms with van der Waals surface area (Å²) in [6.45, 7) is 2.26. The highest BCUT2D eigenvalue weighted by molar-refractivity contribution is 6.18. The minimum absolute atomic E-state index is 0.239. The van der Waals surface area contributed by atoms with E-state index in [-0.39, 0.29) is 5.92 Å². The molecule has 7 aromatic rings. The zero-order valence-corrected chi connectivity index (χ0v) is 23.4. The molecule has 0 saturated carbocycles. The van der Waals surface area contributed by atoms with E-state index in [4.69, 9.17) is 8.83 Å². The number of allylic oxidation sites excluding steroid dienone is 4. The van der Waals surface area contributed by atoms with Gasteiger partial charge in [0.2, 0.25) is 0 Å². The Balaban J connectivity index is 1.38. The molecule has 1 aliphatic rings. The monoisotopic (exact) mass is 552 g/mol. The predicted octanol–water partition coefficient (Wildman–Crippen LogP) is 10.3. The number of hydrogen-bond acceptors (Lipinski definition) is 4. The number of fused-ring (bicyclic) bond motifs is 6. The first kappa shape index (κ1) is 24.9. The third-order valence-corrected chi connectivity index (χ3v) is 8.59. The van der Waals surface area contributed by atoms with Crippen molar-refractivity contribution < 1.29 is 8.83 Å². The van der Waals surface area contributed by atoms with E-state index in [1.165, 1.54) is 5.57 Å². The summed E-state index contributed by atoms with van der Waals surface area (Å²) in [5.41, 5.74) is 11.1. The van der Waals surface area contributed by atoms with Gasteiger partial charge in [0.05, 0.1) is 23.3 Å². The van der Waals surface area contributed by atoms with Crippen LogP contribution in [0.2, 0.25) is 0 Å². The van der Waals surface area contributed by atoms with Crippen LogP contribution in [0.4, 0.5) is 0 Å². The van der Waals surface area contributed by atoms with Gasteiger partial charge in [-0.3, -0.25) is 0 Å². The molecule has 4 heteroatoms. The lowest BCUT2D eigenvalue weighted by molar-refractivity contribution is 0.668. The Kier molecular flexibility index (Phi) is 5.58. The van der Waals surface area contributed by atoms with Gasteiger partial charge in [-0.05, 0) is 106 Å². The standard InChI is InChI=1S/C39H24N2O2/c1-23-9-13-29(26-12-16-36-33(19-26)32-18-25(22-41)10-15-35(32)42-36)39(27-6-4-5-24(17-27)21-40)38(23)28-11-14-31-30-7-2-3-8-34(30)43-37(31)20-28/h2-8,10-20,23H,9H2,1H3. The van der Waals surface area contributed by atoms with Gasteiger partial charge in [-0.2, -0.15) is 10.5 Å². The van der Waals surface area contributed by atoms with Crippen molar-refractivity contribution in [3.63, 3.8) is 0 Å². The fraction of sp³-hybridized carbons (Fsp3) is 0.0769. The van der Waals surface area contributed by atoms with Gasteiger partial charge in [0.25, 0.3) is 0 Å². The van der Waals surface area contributed by atoms with Crippen LogP contribution >= 0.6 is 0 Å². The Bertz CT molecular complexity index is 2420. The van der Waals surface area contributed by atoms with Crippen LogP contribution < -0.4 is 0 Å². The molecule has 0 saturated heterocycles. The molecule has 0 N–H and O–H groups in total. The number of benzene rings is 5. The third kappa shape index (κ3) is 3.96. The lowest BCUT2D eigenvalue weighted by atomic mass is 9.75. The summed E-state index contributed by atoms with van der Waals surface area (Å²) in [5.74, 6) is 0.239. The molecule has 0 amide bonds. The summed E-state index contributed by atoms with van der Waals surface area (Å²) in [4.78, 5) is 0. The Hall–Kier alpha value is -5.84. The van der Waals surface area contributed by atoms with E-state index in [1.807, 2.05) is 54.6 Å². The van der Waals surface area contributed by atoms with E-state index >= 15 is 0 Å². The van der Waals surface area contributed by atoms with Crippen LogP contribution in [-0.4, -0.2) is 0 Å². The molecule has 43 heavy (non-hydrogen) atoms. The maximum Gasteiger partial charge on any atom is 0.136 e. The van der Waals surface area contributed by atoms with Gasteiger partial charge in [0, 0.05) is 21.5 Å². The van der Waals surface area contributed by atoms with E-state index in [9.17, 15) is 10.5 Å². The van der Waals surface area contributed by atoms with Gasteiger partial charge in [0.1, 0.15) is 22.3 Å². The average molecular weight is 553 g/mol. The molecule has 202 valence electrons. The summed E-state index contributed by atoms with van der Waals surface area (Å²) < 4.78 is 12.4. The Morgan fingerprint density at radius 1 is 0.581 bits per heavy atom. The van der Waals surface area contributed by atoms with Crippen molar-refractivity contribution >= 4 is 60.6 Å². The molecular formula is C39H24N2O2. The van der Waals surface area contributed by atoms with Gasteiger partial charge >= 0.3 is 0 Å². The predicted molar refractivity (Wildman–Crippen MR) is 172 cm³/mol. The van der Waals surface area contributed by atoms with Crippen molar-refractivity contribution in [2.45, 2.75) is 13.3 Å². The summed E-state index contributed by atoms with van der Waals surface area (Å²) in [6.07, 6.45) is 3.18. The molecule has 0 radical (unpaired) electrons. The van der Waals surface area contributed by atoms with Crippen molar-refractivity contribution in [1.29, 1.82) is 10.5 Å². The van der Waals surface area contributed by atoms with E-state index in [0.29, 0.717) is 11.1 Å². The number of rotatable bonds is 3. The maximum absolute atomic E-state index is 9.78. The number of nitrogens with zero attached hydrogens (tertiary/aromatic N) is 2. The summed E-state index contributed by atoms with van der Waals surface area (Å²) in [5, 5.41) is 23.4. The topological polar surface area (TPSA) is 73.9 Å². The van der Waals surface area contributed by atoms with Crippen LogP contribution in [0.1, 0.15) is 41.2 Å². The first-order valence-corrected chi connectivity index (χ1v) is 14.3. The SMILES string of the molecule is CC1CC=C(c2ccc3oc4ccc(C#N)cc4c3c2)C(c2cccc(C#N)c2)=C1c1ccc2c(c1)oc1ccccc12. The fourth-order valence-electron chi connectivity index (χ4n) is 6.56. The van der Waals surface area contributed by atoms with Gasteiger partial charge in [0.15, 0.2) is 0 Å². The molecule has 1 unspecified atom stereocenters. The van der Waals surface area contributed by atoms with Crippen LogP contribution in [0.3, 0.4) is 0 Å². The summed E-state index contributed by atoms with van der Waals surface area (Å²) >= 11 is 0. The van der Waals surface area contributed by atoms with Crippen LogP contribution in [0.25, 0.3) is 60.6 Å². The van der Waals surface area contributed by atoms with Crippen LogP contribution in [0, 0.1) is 28.6 Å². The smallest absolute Gasteiger partial charge is 0.136 e. The quantitative estimate of drug-likeness (QED) is 0.219. The molecule has 2 heterocycles. The molecule has 0 bridgehead atoms. The van der Waals surface area contributed by atoms with Gasteiger partial charge in [-0.15, -0.1) is 0 Å². The fourth-order valence-corrected chi connectivity index (χ4v) is 6.56. The molecule has 1 atom stereocenters. The zero-order chi connectivity index (χ0) is 29.1. The molecule has 0 fully saturated rings. The molecule has 0 aliphatic heterocycles. The Morgan fingerprint density at radius 2 is 1.28 bits per heavy atom. The largest absolute Gasteiger partial charge is 0.456 e. The number of nitriles is 2. The zero-order valence-electron chi connectivity index (χ0n) is 23.4.